The molecule has 1 amide bonds. The number of hydrogen-bond donors (Lipinski definition) is 3. The normalized spacial score (nSPS) is 12.6. The van der Waals surface area contributed by atoms with E-state index >= 15 is 0 Å². The summed E-state index contributed by atoms with van der Waals surface area (Å²) in [5.41, 5.74) is 0. The molecule has 480 valence electrons. The molecule has 0 heterocycles. The summed E-state index contributed by atoms with van der Waals surface area (Å²) in [6, 6.07) is -0.540. The van der Waals surface area contributed by atoms with Crippen LogP contribution in [0.5, 0.6) is 0 Å². The average molecular weight is 1140 g/mol. The van der Waals surface area contributed by atoms with Crippen LogP contribution in [0.2, 0.25) is 0 Å². The van der Waals surface area contributed by atoms with Crippen molar-refractivity contribution in [1.29, 1.82) is 0 Å². The van der Waals surface area contributed by atoms with Crippen molar-refractivity contribution >= 4 is 11.9 Å². The Labute approximate surface area is 507 Å². The highest BCUT2D eigenvalue weighted by atomic mass is 16.5. The van der Waals surface area contributed by atoms with Gasteiger partial charge in [-0.25, -0.2) is 0 Å². The minimum atomic E-state index is -0.663. The Kier molecular flexibility index (Phi) is 69.4. The number of hydrogen-bond acceptors (Lipinski definition) is 5. The highest BCUT2D eigenvalue weighted by Gasteiger charge is 2.20. The molecule has 0 aliphatic rings. The molecule has 6 heteroatoms. The predicted molar refractivity (Wildman–Crippen MR) is 356 cm³/mol. The molecule has 0 saturated carbocycles. The van der Waals surface area contributed by atoms with Gasteiger partial charge in [-0.2, -0.15) is 0 Å². The van der Waals surface area contributed by atoms with Gasteiger partial charge in [-0.1, -0.05) is 372 Å². The SMILES string of the molecule is CCCCC/C=C\C/C=C\CCCCCCCCCCCC(=O)OCCCCCCCCCCCCCCCCCCCCCCCCCCCCC(=O)NC(CO)C(O)CCCCCCCCCCCCCCCCCCCCC. The van der Waals surface area contributed by atoms with Gasteiger partial charge < -0.3 is 20.3 Å². The largest absolute Gasteiger partial charge is 0.466 e. The van der Waals surface area contributed by atoms with Crippen molar-refractivity contribution < 1.29 is 24.5 Å². The second kappa shape index (κ2) is 70.8. The number of carbonyl (C=O) groups is 2. The van der Waals surface area contributed by atoms with Crippen LogP contribution in [-0.4, -0.2) is 47.4 Å². The molecule has 0 aromatic rings. The average Bonchev–Trinajstić information content (AvgIpc) is 3.47. The summed E-state index contributed by atoms with van der Waals surface area (Å²) in [7, 11) is 0. The number of unbranched alkanes of at least 4 members (excludes halogenated alkanes) is 55. The van der Waals surface area contributed by atoms with Gasteiger partial charge in [-0.15, -0.1) is 0 Å². The molecular formula is C75H145NO5. The summed E-state index contributed by atoms with van der Waals surface area (Å²) in [5, 5.41) is 23.4. The fraction of sp³-hybridized carbons (Fsp3) is 0.920. The first-order chi connectivity index (χ1) is 40.0. The summed E-state index contributed by atoms with van der Waals surface area (Å²) in [6.45, 7) is 4.97. The number of nitrogens with one attached hydrogen (secondary N) is 1. The van der Waals surface area contributed by atoms with Gasteiger partial charge in [-0.3, -0.25) is 9.59 Å². The van der Waals surface area contributed by atoms with Crippen LogP contribution >= 0.6 is 0 Å². The van der Waals surface area contributed by atoms with E-state index in [1.807, 2.05) is 0 Å². The lowest BCUT2D eigenvalue weighted by atomic mass is 10.0. The molecule has 0 aliphatic heterocycles. The fourth-order valence-corrected chi connectivity index (χ4v) is 11.9. The van der Waals surface area contributed by atoms with Crippen LogP contribution in [0.1, 0.15) is 418 Å². The van der Waals surface area contributed by atoms with Crippen LogP contribution in [0.25, 0.3) is 0 Å². The van der Waals surface area contributed by atoms with Crippen LogP contribution in [0.15, 0.2) is 24.3 Å². The van der Waals surface area contributed by atoms with Crippen LogP contribution in [0.4, 0.5) is 0 Å². The third-order valence-electron chi connectivity index (χ3n) is 17.5. The Bertz CT molecular complexity index is 1270. The maximum absolute atomic E-state index is 12.5. The topological polar surface area (TPSA) is 95.9 Å². The lowest BCUT2D eigenvalue weighted by Gasteiger charge is -2.22. The van der Waals surface area contributed by atoms with E-state index in [0.29, 0.717) is 25.9 Å². The van der Waals surface area contributed by atoms with Crippen LogP contribution in [0.3, 0.4) is 0 Å². The molecule has 0 aromatic carbocycles. The second-order valence-corrected chi connectivity index (χ2v) is 25.6. The second-order valence-electron chi connectivity index (χ2n) is 25.6. The van der Waals surface area contributed by atoms with Crippen molar-refractivity contribution in [3.63, 3.8) is 0 Å². The Morgan fingerprint density at radius 3 is 0.963 bits per heavy atom. The molecule has 0 aliphatic carbocycles. The van der Waals surface area contributed by atoms with Crippen molar-refractivity contribution in [3.05, 3.63) is 24.3 Å². The molecule has 0 bridgehead atoms. The zero-order valence-corrected chi connectivity index (χ0v) is 55.0. The first-order valence-electron chi connectivity index (χ1n) is 37.1. The number of aliphatic hydroxyl groups excluding tert-OH is 2. The van der Waals surface area contributed by atoms with Gasteiger partial charge in [0.15, 0.2) is 0 Å². The molecule has 0 fully saturated rings. The molecule has 0 radical (unpaired) electrons. The van der Waals surface area contributed by atoms with E-state index in [4.69, 9.17) is 4.74 Å². The number of carbonyl (C=O) groups excluding carboxylic acids is 2. The minimum absolute atomic E-state index is 0.0145. The third-order valence-corrected chi connectivity index (χ3v) is 17.5. The maximum atomic E-state index is 12.5. The number of amides is 1. The van der Waals surface area contributed by atoms with E-state index in [9.17, 15) is 19.8 Å². The van der Waals surface area contributed by atoms with Crippen LogP contribution in [0, 0.1) is 0 Å². The highest BCUT2D eigenvalue weighted by molar-refractivity contribution is 5.76. The number of esters is 1. The fourth-order valence-electron chi connectivity index (χ4n) is 11.9. The zero-order chi connectivity index (χ0) is 58.5. The third kappa shape index (κ3) is 67.3. The molecule has 0 saturated heterocycles. The molecule has 2 unspecified atom stereocenters. The Hall–Kier alpha value is -1.66. The minimum Gasteiger partial charge on any atom is -0.466 e. The van der Waals surface area contributed by atoms with Gasteiger partial charge in [-0.05, 0) is 57.8 Å². The van der Waals surface area contributed by atoms with E-state index in [-0.39, 0.29) is 18.5 Å². The quantitative estimate of drug-likeness (QED) is 0.0320. The number of allylic oxidation sites excluding steroid dienone is 4. The van der Waals surface area contributed by atoms with Crippen molar-refractivity contribution in [2.75, 3.05) is 13.2 Å². The van der Waals surface area contributed by atoms with Crippen molar-refractivity contribution in [1.82, 2.24) is 5.32 Å². The summed E-state index contributed by atoms with van der Waals surface area (Å²) in [5.74, 6) is -0.0138. The Balaban J connectivity index is 3.34. The smallest absolute Gasteiger partial charge is 0.305 e. The van der Waals surface area contributed by atoms with E-state index in [2.05, 4.69) is 43.5 Å². The maximum Gasteiger partial charge on any atom is 0.305 e. The Morgan fingerprint density at radius 2 is 0.617 bits per heavy atom. The van der Waals surface area contributed by atoms with Gasteiger partial charge in [0, 0.05) is 12.8 Å². The highest BCUT2D eigenvalue weighted by Crippen LogP contribution is 2.20. The summed E-state index contributed by atoms with van der Waals surface area (Å²) in [6.07, 6.45) is 89.5. The first-order valence-corrected chi connectivity index (χ1v) is 37.1. The summed E-state index contributed by atoms with van der Waals surface area (Å²) >= 11 is 0. The number of aliphatic hydroxyl groups is 2. The molecule has 2 atom stereocenters. The molecule has 0 rings (SSSR count). The first kappa shape index (κ1) is 79.3. The van der Waals surface area contributed by atoms with Gasteiger partial charge in [0.05, 0.1) is 25.4 Å². The predicted octanol–water partition coefficient (Wildman–Crippen LogP) is 24.1. The standard InChI is InChI=1S/C75H145NO5/c1-3-5-7-9-11-13-15-17-19-21-31-35-39-43-47-51-55-59-63-67-73(78)72(71-77)76-74(79)68-64-60-56-52-48-44-40-36-33-29-27-25-23-24-26-28-30-34-38-42-46-50-54-58-62-66-70-81-75(80)69-65-61-57-53-49-45-41-37-32-22-20-18-16-14-12-10-8-6-4-2/h12,14,18,20,72-73,77-78H,3-11,13,15-17,19,21-71H2,1-2H3,(H,76,79)/b14-12-,20-18-. The van der Waals surface area contributed by atoms with E-state index in [0.717, 1.165) is 51.4 Å². The van der Waals surface area contributed by atoms with Gasteiger partial charge >= 0.3 is 5.97 Å². The van der Waals surface area contributed by atoms with Gasteiger partial charge in [0.25, 0.3) is 0 Å². The monoisotopic (exact) mass is 1140 g/mol. The molecule has 3 N–H and O–H groups in total. The lowest BCUT2D eigenvalue weighted by molar-refractivity contribution is -0.143. The van der Waals surface area contributed by atoms with E-state index < -0.39 is 12.1 Å². The molecule has 0 aromatic heterocycles. The summed E-state index contributed by atoms with van der Waals surface area (Å²) < 4.78 is 5.51. The molecular weight excluding hydrogens is 995 g/mol. The molecule has 6 nitrogen and oxygen atoms in total. The van der Waals surface area contributed by atoms with Gasteiger partial charge in [0.1, 0.15) is 0 Å². The van der Waals surface area contributed by atoms with Gasteiger partial charge in [0.2, 0.25) is 5.91 Å². The van der Waals surface area contributed by atoms with Crippen molar-refractivity contribution in [2.24, 2.45) is 0 Å². The van der Waals surface area contributed by atoms with E-state index in [1.165, 1.54) is 334 Å². The zero-order valence-electron chi connectivity index (χ0n) is 55.0. The molecule has 0 spiro atoms. The Morgan fingerprint density at radius 1 is 0.346 bits per heavy atom. The number of ether oxygens (including phenoxy) is 1. The lowest BCUT2D eigenvalue weighted by Crippen LogP contribution is -2.45. The van der Waals surface area contributed by atoms with Crippen LogP contribution in [-0.2, 0) is 14.3 Å². The van der Waals surface area contributed by atoms with Crippen molar-refractivity contribution in [2.45, 2.75) is 431 Å². The van der Waals surface area contributed by atoms with E-state index in [1.54, 1.807) is 0 Å². The van der Waals surface area contributed by atoms with Crippen molar-refractivity contribution in [3.8, 4) is 0 Å². The van der Waals surface area contributed by atoms with Crippen LogP contribution < -0.4 is 5.32 Å². The number of rotatable bonds is 70. The molecule has 81 heavy (non-hydrogen) atoms. The summed E-state index contributed by atoms with van der Waals surface area (Å²) in [4.78, 5) is 24.7.